The molecule has 0 saturated heterocycles. The van der Waals surface area contributed by atoms with Crippen LogP contribution >= 0.6 is 0 Å². The van der Waals surface area contributed by atoms with Gasteiger partial charge in [0.1, 0.15) is 5.84 Å². The maximum atomic E-state index is 8.59. The summed E-state index contributed by atoms with van der Waals surface area (Å²) < 4.78 is 0. The number of oxime groups is 1. The van der Waals surface area contributed by atoms with E-state index in [1.165, 1.54) is 6.42 Å². The lowest BCUT2D eigenvalue weighted by atomic mass is 9.86. The van der Waals surface area contributed by atoms with Crippen LogP contribution in [0.3, 0.4) is 0 Å². The van der Waals surface area contributed by atoms with E-state index in [2.05, 4.69) is 17.4 Å². The molecule has 0 aromatic heterocycles. The lowest BCUT2D eigenvalue weighted by Crippen LogP contribution is -2.32. The Morgan fingerprint density at radius 1 is 1.33 bits per heavy atom. The molecule has 0 bridgehead atoms. The molecule has 0 aliphatic rings. The highest BCUT2D eigenvalue weighted by molar-refractivity contribution is 5.85. The number of hydrogen-bond acceptors (Lipinski definition) is 3. The van der Waals surface area contributed by atoms with Crippen LogP contribution in [-0.2, 0) is 0 Å². The van der Waals surface area contributed by atoms with Crippen molar-refractivity contribution in [1.82, 2.24) is 5.32 Å². The smallest absolute Gasteiger partial charge is 0.144 e. The first-order valence-corrected chi connectivity index (χ1v) is 5.73. The summed E-state index contributed by atoms with van der Waals surface area (Å²) in [4.78, 5) is 0. The van der Waals surface area contributed by atoms with Crippen LogP contribution in [-0.4, -0.2) is 24.1 Å². The van der Waals surface area contributed by atoms with E-state index in [1.54, 1.807) is 0 Å². The van der Waals surface area contributed by atoms with Crippen LogP contribution in [0.25, 0.3) is 0 Å². The molecule has 0 aromatic rings. The summed E-state index contributed by atoms with van der Waals surface area (Å²) in [7, 11) is 0. The quantitative estimate of drug-likeness (QED) is 0.190. The second-order valence-electron chi connectivity index (χ2n) is 4.58. The number of amidine groups is 1. The molecule has 90 valence electrons. The highest BCUT2D eigenvalue weighted by Gasteiger charge is 2.22. The summed E-state index contributed by atoms with van der Waals surface area (Å²) in [6.45, 7) is 8.31. The van der Waals surface area contributed by atoms with Crippen LogP contribution < -0.4 is 11.1 Å². The number of rotatable bonds is 8. The van der Waals surface area contributed by atoms with Crippen molar-refractivity contribution in [3.05, 3.63) is 0 Å². The van der Waals surface area contributed by atoms with E-state index < -0.39 is 0 Å². The van der Waals surface area contributed by atoms with E-state index in [9.17, 15) is 0 Å². The number of nitrogens with two attached hydrogens (primary N) is 1. The van der Waals surface area contributed by atoms with Crippen molar-refractivity contribution in [2.45, 2.75) is 46.5 Å². The topological polar surface area (TPSA) is 70.6 Å². The van der Waals surface area contributed by atoms with Crippen molar-refractivity contribution in [2.24, 2.45) is 16.3 Å². The van der Waals surface area contributed by atoms with Crippen LogP contribution in [0.15, 0.2) is 5.16 Å². The van der Waals surface area contributed by atoms with Gasteiger partial charge in [0.25, 0.3) is 0 Å². The number of unbranched alkanes of at least 4 members (excludes halogenated alkanes) is 1. The molecule has 0 spiro atoms. The fraction of sp³-hybridized carbons (Fsp3) is 0.909. The summed E-state index contributed by atoms with van der Waals surface area (Å²) in [6, 6.07) is 0. The Balaban J connectivity index is 3.58. The first-order chi connectivity index (χ1) is 7.04. The zero-order valence-electron chi connectivity index (χ0n) is 10.2. The second kappa shape index (κ2) is 7.51. The van der Waals surface area contributed by atoms with Gasteiger partial charge < -0.3 is 16.3 Å². The zero-order valence-corrected chi connectivity index (χ0v) is 10.2. The number of hydrogen-bond donors (Lipinski definition) is 3. The van der Waals surface area contributed by atoms with Crippen LogP contribution in [0.4, 0.5) is 0 Å². The van der Waals surface area contributed by atoms with Gasteiger partial charge in [0.05, 0.1) is 0 Å². The highest BCUT2D eigenvalue weighted by atomic mass is 16.4. The first-order valence-electron chi connectivity index (χ1n) is 5.73. The summed E-state index contributed by atoms with van der Waals surface area (Å²) in [5.41, 5.74) is 5.40. The van der Waals surface area contributed by atoms with Crippen molar-refractivity contribution in [1.29, 1.82) is 0 Å². The standard InChI is InChI=1S/C11H25N3O/c1-4-8-13-9-6-5-7-11(2,3)10(12)14-15/h13,15H,4-9H2,1-3H3,(H2,12,14). The Kier molecular flexibility index (Phi) is 7.13. The molecule has 0 fully saturated rings. The summed E-state index contributed by atoms with van der Waals surface area (Å²) in [5, 5.41) is 15.0. The Labute approximate surface area is 92.9 Å². The van der Waals surface area contributed by atoms with E-state index in [0.29, 0.717) is 5.84 Å². The normalized spacial score (nSPS) is 13.1. The van der Waals surface area contributed by atoms with E-state index in [-0.39, 0.29) is 5.41 Å². The van der Waals surface area contributed by atoms with Crippen molar-refractivity contribution in [3.8, 4) is 0 Å². The molecule has 0 atom stereocenters. The lowest BCUT2D eigenvalue weighted by Gasteiger charge is -2.22. The molecule has 0 unspecified atom stereocenters. The largest absolute Gasteiger partial charge is 0.409 e. The Bertz CT molecular complexity index is 190. The first kappa shape index (κ1) is 14.2. The molecular formula is C11H25N3O. The summed E-state index contributed by atoms with van der Waals surface area (Å²) in [6.07, 6.45) is 4.37. The van der Waals surface area contributed by atoms with Gasteiger partial charge in [0, 0.05) is 5.41 Å². The van der Waals surface area contributed by atoms with Gasteiger partial charge in [-0.15, -0.1) is 0 Å². The van der Waals surface area contributed by atoms with Crippen molar-refractivity contribution < 1.29 is 5.21 Å². The molecule has 0 heterocycles. The van der Waals surface area contributed by atoms with E-state index in [0.717, 1.165) is 32.4 Å². The lowest BCUT2D eigenvalue weighted by molar-refractivity contribution is 0.304. The summed E-state index contributed by atoms with van der Waals surface area (Å²) in [5.74, 6) is 0.323. The molecule has 15 heavy (non-hydrogen) atoms. The Morgan fingerprint density at radius 3 is 2.53 bits per heavy atom. The van der Waals surface area contributed by atoms with E-state index >= 15 is 0 Å². The minimum absolute atomic E-state index is 0.195. The van der Waals surface area contributed by atoms with Gasteiger partial charge in [-0.3, -0.25) is 0 Å². The fourth-order valence-corrected chi connectivity index (χ4v) is 1.38. The van der Waals surface area contributed by atoms with E-state index in [4.69, 9.17) is 10.9 Å². The van der Waals surface area contributed by atoms with Crippen LogP contribution in [0.5, 0.6) is 0 Å². The summed E-state index contributed by atoms with van der Waals surface area (Å²) >= 11 is 0. The number of nitrogens with one attached hydrogen (secondary N) is 1. The molecule has 0 amide bonds. The SMILES string of the molecule is CCCNCCCCC(C)(C)C(N)=NO. The third-order valence-corrected chi connectivity index (χ3v) is 2.63. The molecule has 4 heteroatoms. The molecule has 0 aliphatic heterocycles. The highest BCUT2D eigenvalue weighted by Crippen LogP contribution is 2.22. The molecule has 0 saturated carbocycles. The molecule has 0 rings (SSSR count). The van der Waals surface area contributed by atoms with Crippen LogP contribution in [0, 0.1) is 5.41 Å². The third-order valence-electron chi connectivity index (χ3n) is 2.63. The van der Waals surface area contributed by atoms with E-state index in [1.807, 2.05) is 13.8 Å². The maximum Gasteiger partial charge on any atom is 0.144 e. The fourth-order valence-electron chi connectivity index (χ4n) is 1.38. The predicted molar refractivity (Wildman–Crippen MR) is 64.2 cm³/mol. The van der Waals surface area contributed by atoms with Crippen molar-refractivity contribution in [2.75, 3.05) is 13.1 Å². The molecule has 4 nitrogen and oxygen atoms in total. The van der Waals surface area contributed by atoms with Crippen molar-refractivity contribution >= 4 is 5.84 Å². The minimum atomic E-state index is -0.195. The average Bonchev–Trinajstić information content (AvgIpc) is 2.22. The van der Waals surface area contributed by atoms with Crippen LogP contribution in [0.2, 0.25) is 0 Å². The van der Waals surface area contributed by atoms with Gasteiger partial charge in [-0.05, 0) is 32.4 Å². The van der Waals surface area contributed by atoms with Crippen LogP contribution in [0.1, 0.15) is 46.5 Å². The van der Waals surface area contributed by atoms with Gasteiger partial charge in [0.15, 0.2) is 0 Å². The predicted octanol–water partition coefficient (Wildman–Crippen LogP) is 1.93. The molecule has 0 aromatic carbocycles. The zero-order chi connectivity index (χ0) is 11.7. The third kappa shape index (κ3) is 6.33. The van der Waals surface area contributed by atoms with Crippen molar-refractivity contribution in [3.63, 3.8) is 0 Å². The molecule has 0 aliphatic carbocycles. The van der Waals surface area contributed by atoms with Gasteiger partial charge >= 0.3 is 0 Å². The second-order valence-corrected chi connectivity index (χ2v) is 4.58. The molecular weight excluding hydrogens is 190 g/mol. The van der Waals surface area contributed by atoms with Gasteiger partial charge in [-0.25, -0.2) is 0 Å². The minimum Gasteiger partial charge on any atom is -0.409 e. The Hall–Kier alpha value is -0.770. The van der Waals surface area contributed by atoms with Gasteiger partial charge in [0.2, 0.25) is 0 Å². The molecule has 4 N–H and O–H groups in total. The van der Waals surface area contributed by atoms with Gasteiger partial charge in [-0.1, -0.05) is 32.3 Å². The Morgan fingerprint density at radius 2 is 2.00 bits per heavy atom. The monoisotopic (exact) mass is 215 g/mol. The molecule has 0 radical (unpaired) electrons. The number of nitrogens with zero attached hydrogens (tertiary/aromatic N) is 1. The maximum absolute atomic E-state index is 8.59. The van der Waals surface area contributed by atoms with Gasteiger partial charge in [-0.2, -0.15) is 0 Å². The average molecular weight is 215 g/mol.